The van der Waals surface area contributed by atoms with Gasteiger partial charge in [-0.1, -0.05) is 69.5 Å². The van der Waals surface area contributed by atoms with Gasteiger partial charge in [-0.2, -0.15) is 0 Å². The predicted molar refractivity (Wildman–Crippen MR) is 92.1 cm³/mol. The number of carbonyl (C=O) groups excluding carboxylic acids is 1. The summed E-state index contributed by atoms with van der Waals surface area (Å²) in [6, 6.07) is 9.80. The minimum absolute atomic E-state index is 0.0784. The molecule has 0 bridgehead atoms. The van der Waals surface area contributed by atoms with E-state index in [4.69, 9.17) is 9.84 Å². The van der Waals surface area contributed by atoms with Crippen molar-refractivity contribution in [3.8, 4) is 0 Å². The summed E-state index contributed by atoms with van der Waals surface area (Å²) in [6.45, 7) is 7.19. The summed E-state index contributed by atoms with van der Waals surface area (Å²) in [4.78, 5) is 21.0. The Balaban J connectivity index is 0.000000688. The van der Waals surface area contributed by atoms with Crippen molar-refractivity contribution >= 4 is 11.9 Å². The van der Waals surface area contributed by atoms with Gasteiger partial charge >= 0.3 is 11.9 Å². The maximum Gasteiger partial charge on any atom is 0.330 e. The smallest absolute Gasteiger partial charge is 0.330 e. The summed E-state index contributed by atoms with van der Waals surface area (Å²) in [5.74, 6) is -1.01. The van der Waals surface area contributed by atoms with Crippen LogP contribution in [0.3, 0.4) is 0 Å². The monoisotopic (exact) mass is 320 g/mol. The quantitative estimate of drug-likeness (QED) is 0.405. The SMILES string of the molecule is C=C(C)C(=O)O.CCCCCCCC(=O)OCc1ccccc1. The summed E-state index contributed by atoms with van der Waals surface area (Å²) in [5, 5.41) is 7.89. The number of esters is 1. The lowest BCUT2D eigenvalue weighted by Crippen LogP contribution is -2.04. The largest absolute Gasteiger partial charge is 0.478 e. The van der Waals surface area contributed by atoms with E-state index in [-0.39, 0.29) is 11.5 Å². The molecule has 0 fully saturated rings. The number of carboxylic acids is 1. The van der Waals surface area contributed by atoms with Crippen molar-refractivity contribution in [2.45, 2.75) is 59.0 Å². The van der Waals surface area contributed by atoms with E-state index in [1.807, 2.05) is 30.3 Å². The molecule has 0 saturated heterocycles. The van der Waals surface area contributed by atoms with Crippen LogP contribution in [0.1, 0.15) is 57.9 Å². The lowest BCUT2D eigenvalue weighted by atomic mass is 10.1. The van der Waals surface area contributed by atoms with Crippen molar-refractivity contribution in [2.75, 3.05) is 0 Å². The van der Waals surface area contributed by atoms with Crippen LogP contribution >= 0.6 is 0 Å². The molecule has 1 N–H and O–H groups in total. The Labute approximate surface area is 139 Å². The molecular weight excluding hydrogens is 292 g/mol. The number of carboxylic acid groups (broad SMARTS) is 1. The van der Waals surface area contributed by atoms with Crippen LogP contribution in [0.2, 0.25) is 0 Å². The summed E-state index contributed by atoms with van der Waals surface area (Å²) in [5.41, 5.74) is 1.22. The highest BCUT2D eigenvalue weighted by Gasteiger charge is 2.02. The number of carbonyl (C=O) groups is 2. The van der Waals surface area contributed by atoms with E-state index in [0.717, 1.165) is 18.4 Å². The Kier molecular flexibility index (Phi) is 12.3. The normalized spacial score (nSPS) is 9.48. The first-order valence-electron chi connectivity index (χ1n) is 8.05. The van der Waals surface area contributed by atoms with Gasteiger partial charge in [0.25, 0.3) is 0 Å². The molecule has 0 saturated carbocycles. The van der Waals surface area contributed by atoms with Gasteiger partial charge < -0.3 is 9.84 Å². The van der Waals surface area contributed by atoms with Gasteiger partial charge in [-0.3, -0.25) is 4.79 Å². The number of hydrogen-bond acceptors (Lipinski definition) is 3. The van der Waals surface area contributed by atoms with Crippen LogP contribution < -0.4 is 0 Å². The van der Waals surface area contributed by atoms with Crippen LogP contribution in [0.4, 0.5) is 0 Å². The average Bonchev–Trinajstić information content (AvgIpc) is 2.54. The molecule has 0 unspecified atom stereocenters. The van der Waals surface area contributed by atoms with Gasteiger partial charge in [0, 0.05) is 12.0 Å². The summed E-state index contributed by atoms with van der Waals surface area (Å²) in [6.07, 6.45) is 6.36. The topological polar surface area (TPSA) is 63.6 Å². The van der Waals surface area contributed by atoms with Gasteiger partial charge in [-0.25, -0.2) is 4.79 Å². The molecule has 1 aromatic carbocycles. The van der Waals surface area contributed by atoms with Crippen LogP contribution in [0.25, 0.3) is 0 Å². The lowest BCUT2D eigenvalue weighted by Gasteiger charge is -2.04. The molecule has 0 aliphatic heterocycles. The number of unbranched alkanes of at least 4 members (excludes halogenated alkanes) is 4. The van der Waals surface area contributed by atoms with E-state index in [1.165, 1.54) is 26.2 Å². The maximum atomic E-state index is 11.4. The van der Waals surface area contributed by atoms with Crippen molar-refractivity contribution in [1.29, 1.82) is 0 Å². The first-order chi connectivity index (χ1) is 11.0. The maximum absolute atomic E-state index is 11.4. The molecule has 4 heteroatoms. The number of rotatable bonds is 9. The zero-order chi connectivity index (χ0) is 17.5. The van der Waals surface area contributed by atoms with Gasteiger partial charge in [0.05, 0.1) is 0 Å². The van der Waals surface area contributed by atoms with Gasteiger partial charge in [0.15, 0.2) is 0 Å². The minimum Gasteiger partial charge on any atom is -0.478 e. The second-order valence-corrected chi connectivity index (χ2v) is 5.40. The molecule has 0 aliphatic carbocycles. The van der Waals surface area contributed by atoms with E-state index >= 15 is 0 Å². The summed E-state index contributed by atoms with van der Waals surface area (Å²) in [7, 11) is 0. The molecule has 1 rings (SSSR count). The Hall–Kier alpha value is -2.10. The fraction of sp³-hybridized carbons (Fsp3) is 0.474. The molecule has 0 atom stereocenters. The third kappa shape index (κ3) is 13.3. The molecule has 0 spiro atoms. The molecule has 0 radical (unpaired) electrons. The van der Waals surface area contributed by atoms with Crippen LogP contribution in [-0.4, -0.2) is 17.0 Å². The number of aliphatic carboxylic acids is 1. The van der Waals surface area contributed by atoms with Gasteiger partial charge in [-0.15, -0.1) is 0 Å². The second-order valence-electron chi connectivity index (χ2n) is 5.40. The second kappa shape index (κ2) is 13.6. The highest BCUT2D eigenvalue weighted by Crippen LogP contribution is 2.07. The van der Waals surface area contributed by atoms with E-state index in [2.05, 4.69) is 13.5 Å². The third-order valence-electron chi connectivity index (χ3n) is 3.09. The fourth-order valence-corrected chi connectivity index (χ4v) is 1.68. The highest BCUT2D eigenvalue weighted by molar-refractivity contribution is 5.84. The van der Waals surface area contributed by atoms with Gasteiger partial charge in [-0.05, 0) is 18.9 Å². The molecular formula is C19H28O4. The Bertz CT molecular complexity index is 454. The first-order valence-corrected chi connectivity index (χ1v) is 8.05. The van der Waals surface area contributed by atoms with Crippen LogP contribution in [0.15, 0.2) is 42.5 Å². The van der Waals surface area contributed by atoms with Gasteiger partial charge in [0.2, 0.25) is 0 Å². The number of ether oxygens (including phenoxy) is 1. The summed E-state index contributed by atoms with van der Waals surface area (Å²) < 4.78 is 5.20. The molecule has 0 aliphatic rings. The van der Waals surface area contributed by atoms with Crippen molar-refractivity contribution < 1.29 is 19.4 Å². The van der Waals surface area contributed by atoms with E-state index in [9.17, 15) is 9.59 Å². The van der Waals surface area contributed by atoms with Crippen molar-refractivity contribution in [3.63, 3.8) is 0 Å². The molecule has 0 heterocycles. The van der Waals surface area contributed by atoms with E-state index in [1.54, 1.807) is 0 Å². The van der Waals surface area contributed by atoms with Crippen molar-refractivity contribution in [2.24, 2.45) is 0 Å². The zero-order valence-corrected chi connectivity index (χ0v) is 14.2. The molecule has 0 aromatic heterocycles. The van der Waals surface area contributed by atoms with E-state index in [0.29, 0.717) is 13.0 Å². The highest BCUT2D eigenvalue weighted by atomic mass is 16.5. The van der Waals surface area contributed by atoms with Crippen molar-refractivity contribution in [1.82, 2.24) is 0 Å². The fourth-order valence-electron chi connectivity index (χ4n) is 1.68. The van der Waals surface area contributed by atoms with Crippen LogP contribution in [-0.2, 0) is 20.9 Å². The summed E-state index contributed by atoms with van der Waals surface area (Å²) >= 11 is 0. The number of benzene rings is 1. The average molecular weight is 320 g/mol. The zero-order valence-electron chi connectivity index (χ0n) is 14.2. The Morgan fingerprint density at radius 3 is 2.17 bits per heavy atom. The molecule has 23 heavy (non-hydrogen) atoms. The minimum atomic E-state index is -0.935. The molecule has 4 nitrogen and oxygen atoms in total. The Morgan fingerprint density at radius 1 is 1.09 bits per heavy atom. The molecule has 128 valence electrons. The lowest BCUT2D eigenvalue weighted by molar-refractivity contribution is -0.145. The number of hydrogen-bond donors (Lipinski definition) is 1. The van der Waals surface area contributed by atoms with Crippen molar-refractivity contribution in [3.05, 3.63) is 48.0 Å². The molecule has 0 amide bonds. The van der Waals surface area contributed by atoms with E-state index < -0.39 is 5.97 Å². The molecule has 1 aromatic rings. The Morgan fingerprint density at radius 2 is 1.65 bits per heavy atom. The third-order valence-corrected chi connectivity index (χ3v) is 3.09. The van der Waals surface area contributed by atoms with Crippen LogP contribution in [0, 0.1) is 0 Å². The van der Waals surface area contributed by atoms with Gasteiger partial charge in [0.1, 0.15) is 6.61 Å². The first kappa shape index (κ1) is 20.9. The predicted octanol–water partition coefficient (Wildman–Crippen LogP) is 4.74. The standard InChI is InChI=1S/C15H22O2.C4H6O2/c1-2-3-4-5-9-12-15(16)17-13-14-10-7-6-8-11-14;1-3(2)4(5)6/h6-8,10-11H,2-5,9,12-13H2,1H3;1H2,2H3,(H,5,6). The van der Waals surface area contributed by atoms with Crippen LogP contribution in [0.5, 0.6) is 0 Å².